The van der Waals surface area contributed by atoms with E-state index < -0.39 is 0 Å². The molecule has 0 atom stereocenters. The molecule has 0 aliphatic rings. The lowest BCUT2D eigenvalue weighted by atomic mass is 10.2. The Morgan fingerprint density at radius 1 is 1.18 bits per heavy atom. The maximum absolute atomic E-state index is 11.8. The van der Waals surface area contributed by atoms with Gasteiger partial charge in [0, 0.05) is 20.4 Å². The molecule has 0 bridgehead atoms. The predicted molar refractivity (Wildman–Crippen MR) is 76.4 cm³/mol. The molecule has 17 heavy (non-hydrogen) atoms. The SMILES string of the molecule is O=C(Nc1ccc(I)cn1)c1ccc(Cl)cc1. The number of nitrogens with one attached hydrogen (secondary N) is 1. The molecule has 86 valence electrons. The Labute approximate surface area is 117 Å². The number of anilines is 1. The van der Waals surface area contributed by atoms with Gasteiger partial charge < -0.3 is 5.32 Å². The fraction of sp³-hybridized carbons (Fsp3) is 0. The standard InChI is InChI=1S/C12H8ClIN2O/c13-9-3-1-8(2-4-9)12(17)16-11-6-5-10(14)7-15-11/h1-7H,(H,15,16,17). The molecule has 1 amide bonds. The van der Waals surface area contributed by atoms with E-state index in [2.05, 4.69) is 32.9 Å². The number of benzene rings is 1. The average Bonchev–Trinajstić information content (AvgIpc) is 2.33. The summed E-state index contributed by atoms with van der Waals surface area (Å²) in [6.45, 7) is 0. The quantitative estimate of drug-likeness (QED) is 0.834. The van der Waals surface area contributed by atoms with E-state index in [1.807, 2.05) is 6.07 Å². The van der Waals surface area contributed by atoms with E-state index >= 15 is 0 Å². The van der Waals surface area contributed by atoms with E-state index in [1.165, 1.54) is 0 Å². The van der Waals surface area contributed by atoms with Gasteiger partial charge in [0.05, 0.1) is 0 Å². The second-order valence-corrected chi connectivity index (χ2v) is 5.00. The summed E-state index contributed by atoms with van der Waals surface area (Å²) in [5.74, 6) is 0.334. The highest BCUT2D eigenvalue weighted by atomic mass is 127. The van der Waals surface area contributed by atoms with E-state index in [-0.39, 0.29) is 5.91 Å². The lowest BCUT2D eigenvalue weighted by molar-refractivity contribution is 0.102. The largest absolute Gasteiger partial charge is 0.307 e. The molecule has 0 aliphatic heterocycles. The summed E-state index contributed by atoms with van der Waals surface area (Å²) < 4.78 is 1.02. The van der Waals surface area contributed by atoms with Crippen molar-refractivity contribution in [2.75, 3.05) is 5.32 Å². The summed E-state index contributed by atoms with van der Waals surface area (Å²) in [6, 6.07) is 10.3. The van der Waals surface area contributed by atoms with E-state index in [1.54, 1.807) is 36.5 Å². The van der Waals surface area contributed by atoms with E-state index in [4.69, 9.17) is 11.6 Å². The van der Waals surface area contributed by atoms with Crippen LogP contribution in [0.4, 0.5) is 5.82 Å². The zero-order valence-electron chi connectivity index (χ0n) is 8.65. The number of hydrogen-bond donors (Lipinski definition) is 1. The van der Waals surface area contributed by atoms with Crippen LogP contribution >= 0.6 is 34.2 Å². The van der Waals surface area contributed by atoms with Crippen LogP contribution in [-0.2, 0) is 0 Å². The van der Waals surface area contributed by atoms with Gasteiger partial charge in [0.25, 0.3) is 5.91 Å². The number of halogens is 2. The Bertz CT molecular complexity index is 525. The van der Waals surface area contributed by atoms with E-state index in [9.17, 15) is 4.79 Å². The van der Waals surface area contributed by atoms with Gasteiger partial charge >= 0.3 is 0 Å². The summed E-state index contributed by atoms with van der Waals surface area (Å²) in [7, 11) is 0. The monoisotopic (exact) mass is 358 g/mol. The van der Waals surface area contributed by atoms with Crippen molar-refractivity contribution in [3.8, 4) is 0 Å². The number of carbonyl (C=O) groups is 1. The minimum Gasteiger partial charge on any atom is -0.307 e. The third kappa shape index (κ3) is 3.41. The molecule has 2 rings (SSSR count). The third-order valence-electron chi connectivity index (χ3n) is 2.08. The van der Waals surface area contributed by atoms with Crippen LogP contribution in [0.2, 0.25) is 5.02 Å². The molecule has 5 heteroatoms. The number of aromatic nitrogens is 1. The second-order valence-electron chi connectivity index (χ2n) is 3.32. The van der Waals surface area contributed by atoms with Crippen LogP contribution < -0.4 is 5.32 Å². The van der Waals surface area contributed by atoms with Gasteiger partial charge in [-0.15, -0.1) is 0 Å². The summed E-state index contributed by atoms with van der Waals surface area (Å²) in [4.78, 5) is 15.9. The van der Waals surface area contributed by atoms with Crippen LogP contribution in [0.15, 0.2) is 42.6 Å². The molecule has 1 N–H and O–H groups in total. The van der Waals surface area contributed by atoms with Crippen LogP contribution in [0.25, 0.3) is 0 Å². The van der Waals surface area contributed by atoms with Gasteiger partial charge in [0.15, 0.2) is 0 Å². The molecular formula is C12H8ClIN2O. The Balaban J connectivity index is 2.11. The Morgan fingerprint density at radius 2 is 1.88 bits per heavy atom. The van der Waals surface area contributed by atoms with Crippen LogP contribution in [0.1, 0.15) is 10.4 Å². The predicted octanol–water partition coefficient (Wildman–Crippen LogP) is 3.59. The lowest BCUT2D eigenvalue weighted by Gasteiger charge is -2.04. The van der Waals surface area contributed by atoms with Crippen molar-refractivity contribution in [2.45, 2.75) is 0 Å². The number of hydrogen-bond acceptors (Lipinski definition) is 2. The van der Waals surface area contributed by atoms with Crippen molar-refractivity contribution in [3.63, 3.8) is 0 Å². The zero-order valence-corrected chi connectivity index (χ0v) is 11.6. The van der Waals surface area contributed by atoms with Gasteiger partial charge in [-0.1, -0.05) is 11.6 Å². The molecule has 0 saturated carbocycles. The second kappa shape index (κ2) is 5.46. The lowest BCUT2D eigenvalue weighted by Crippen LogP contribution is -2.12. The molecule has 0 saturated heterocycles. The molecule has 1 heterocycles. The van der Waals surface area contributed by atoms with Gasteiger partial charge in [-0.3, -0.25) is 4.79 Å². The minimum absolute atomic E-state index is 0.199. The maximum Gasteiger partial charge on any atom is 0.256 e. The van der Waals surface area contributed by atoms with Crippen molar-refractivity contribution in [1.29, 1.82) is 0 Å². The fourth-order valence-corrected chi connectivity index (χ4v) is 1.68. The molecular weight excluding hydrogens is 351 g/mol. The molecule has 0 fully saturated rings. The molecule has 3 nitrogen and oxygen atoms in total. The fourth-order valence-electron chi connectivity index (χ4n) is 1.24. The van der Waals surface area contributed by atoms with E-state index in [0.717, 1.165) is 3.57 Å². The number of rotatable bonds is 2. The van der Waals surface area contributed by atoms with Crippen molar-refractivity contribution in [3.05, 3.63) is 56.8 Å². The molecule has 1 aromatic carbocycles. The molecule has 0 aliphatic carbocycles. The Morgan fingerprint density at radius 3 is 2.47 bits per heavy atom. The molecule has 1 aromatic heterocycles. The van der Waals surface area contributed by atoms with Crippen LogP contribution in [0.3, 0.4) is 0 Å². The van der Waals surface area contributed by atoms with Crippen LogP contribution in [-0.4, -0.2) is 10.9 Å². The highest BCUT2D eigenvalue weighted by Crippen LogP contribution is 2.12. The average molecular weight is 359 g/mol. The topological polar surface area (TPSA) is 42.0 Å². The number of pyridine rings is 1. The van der Waals surface area contributed by atoms with Gasteiger partial charge in [-0.05, 0) is 59.0 Å². The summed E-state index contributed by atoms with van der Waals surface area (Å²) >= 11 is 7.90. The van der Waals surface area contributed by atoms with Crippen LogP contribution in [0, 0.1) is 3.57 Å². The first kappa shape index (κ1) is 12.3. The number of nitrogens with zero attached hydrogens (tertiary/aromatic N) is 1. The zero-order chi connectivity index (χ0) is 12.3. The summed E-state index contributed by atoms with van der Waals surface area (Å²) in [5, 5.41) is 3.31. The highest BCUT2D eigenvalue weighted by molar-refractivity contribution is 14.1. The Kier molecular flexibility index (Phi) is 3.96. The van der Waals surface area contributed by atoms with Crippen molar-refractivity contribution in [1.82, 2.24) is 4.98 Å². The van der Waals surface area contributed by atoms with Gasteiger partial charge in [0.1, 0.15) is 5.82 Å². The summed E-state index contributed by atoms with van der Waals surface area (Å²) in [6.07, 6.45) is 1.69. The first-order chi connectivity index (χ1) is 8.15. The van der Waals surface area contributed by atoms with Crippen LogP contribution in [0.5, 0.6) is 0 Å². The molecule has 0 radical (unpaired) electrons. The molecule has 0 unspecified atom stereocenters. The first-order valence-corrected chi connectivity index (χ1v) is 6.29. The molecule has 2 aromatic rings. The Hall–Kier alpha value is -1.14. The first-order valence-electron chi connectivity index (χ1n) is 4.83. The van der Waals surface area contributed by atoms with Gasteiger partial charge in [-0.2, -0.15) is 0 Å². The highest BCUT2D eigenvalue weighted by Gasteiger charge is 2.06. The maximum atomic E-state index is 11.8. The smallest absolute Gasteiger partial charge is 0.256 e. The van der Waals surface area contributed by atoms with Crippen molar-refractivity contribution >= 4 is 45.9 Å². The molecule has 0 spiro atoms. The summed E-state index contributed by atoms with van der Waals surface area (Å²) in [5.41, 5.74) is 0.551. The normalized spacial score (nSPS) is 10.0. The minimum atomic E-state index is -0.199. The third-order valence-corrected chi connectivity index (χ3v) is 2.97. The van der Waals surface area contributed by atoms with E-state index in [0.29, 0.717) is 16.4 Å². The van der Waals surface area contributed by atoms with Crippen molar-refractivity contribution in [2.24, 2.45) is 0 Å². The van der Waals surface area contributed by atoms with Crippen molar-refractivity contribution < 1.29 is 4.79 Å². The van der Waals surface area contributed by atoms with Gasteiger partial charge in [0.2, 0.25) is 0 Å². The number of carbonyl (C=O) groups excluding carboxylic acids is 1. The number of amides is 1. The van der Waals surface area contributed by atoms with Gasteiger partial charge in [-0.25, -0.2) is 4.98 Å².